The Morgan fingerprint density at radius 1 is 1.29 bits per heavy atom. The van der Waals surface area contributed by atoms with Gasteiger partial charge in [0, 0.05) is 18.3 Å². The summed E-state index contributed by atoms with van der Waals surface area (Å²) in [6.07, 6.45) is 0. The highest BCUT2D eigenvalue weighted by Crippen LogP contribution is 2.20. The number of benzene rings is 1. The highest BCUT2D eigenvalue weighted by molar-refractivity contribution is 7.80. The Morgan fingerprint density at radius 3 is 2.53 bits per heavy atom. The van der Waals surface area contributed by atoms with Gasteiger partial charge in [0.1, 0.15) is 0 Å². The van der Waals surface area contributed by atoms with Crippen LogP contribution in [0.15, 0.2) is 33.9 Å². The smallest absolute Gasteiger partial charge is 0.273 e. The van der Waals surface area contributed by atoms with E-state index >= 15 is 0 Å². The number of thiol groups is 1. The molecule has 0 spiro atoms. The molecule has 5 nitrogen and oxygen atoms in total. The summed E-state index contributed by atoms with van der Waals surface area (Å²) in [5.74, 6) is 0.442. The van der Waals surface area contributed by atoms with Gasteiger partial charge >= 0.3 is 0 Å². The van der Waals surface area contributed by atoms with E-state index in [-0.39, 0.29) is 5.22 Å². The van der Waals surface area contributed by atoms with E-state index in [9.17, 15) is 0 Å². The van der Waals surface area contributed by atoms with E-state index in [1.165, 1.54) is 0 Å². The van der Waals surface area contributed by atoms with Gasteiger partial charge < -0.3 is 15.1 Å². The molecule has 0 aliphatic heterocycles. The lowest BCUT2D eigenvalue weighted by Gasteiger charge is -2.06. The average Bonchev–Trinajstić information content (AvgIpc) is 2.77. The van der Waals surface area contributed by atoms with Gasteiger partial charge in [-0.3, -0.25) is 0 Å². The van der Waals surface area contributed by atoms with E-state index in [1.807, 2.05) is 24.3 Å². The number of thiocarbonyl (C=S) groups is 1. The van der Waals surface area contributed by atoms with Crippen molar-refractivity contribution in [3.05, 3.63) is 24.3 Å². The van der Waals surface area contributed by atoms with Crippen LogP contribution in [-0.4, -0.2) is 22.4 Å². The van der Waals surface area contributed by atoms with Crippen molar-refractivity contribution in [1.29, 1.82) is 0 Å². The van der Waals surface area contributed by atoms with E-state index in [1.54, 1.807) is 7.05 Å². The first-order chi connectivity index (χ1) is 8.19. The van der Waals surface area contributed by atoms with E-state index in [4.69, 9.17) is 16.6 Å². The molecule has 1 aromatic heterocycles. The van der Waals surface area contributed by atoms with E-state index in [0.717, 1.165) is 11.3 Å². The molecule has 88 valence electrons. The molecular weight excluding hydrogens is 256 g/mol. The van der Waals surface area contributed by atoms with Crippen molar-refractivity contribution in [2.24, 2.45) is 0 Å². The average molecular weight is 266 g/mol. The molecule has 0 unspecified atom stereocenters. The van der Waals surface area contributed by atoms with Gasteiger partial charge in [0.05, 0.1) is 0 Å². The van der Waals surface area contributed by atoms with Crippen LogP contribution < -0.4 is 10.6 Å². The number of nitrogens with one attached hydrogen (secondary N) is 2. The Bertz CT molecular complexity index is 523. The van der Waals surface area contributed by atoms with Crippen LogP contribution in [0.2, 0.25) is 0 Å². The van der Waals surface area contributed by atoms with Crippen LogP contribution in [0, 0.1) is 0 Å². The van der Waals surface area contributed by atoms with Gasteiger partial charge in [0.2, 0.25) is 5.89 Å². The van der Waals surface area contributed by atoms with E-state index in [0.29, 0.717) is 11.0 Å². The molecule has 0 aliphatic rings. The molecule has 0 saturated carbocycles. The SMILES string of the molecule is CNC(=S)Nc1ccc(-c2nnc(S)o2)cc1. The standard InChI is InChI=1S/C10H10N4OS2/c1-11-9(16)12-7-4-2-6(3-5-7)8-13-14-10(17)15-8/h2-5H,1H3,(H,14,17)(H2,11,12,16). The molecule has 0 amide bonds. The fourth-order valence-corrected chi connectivity index (χ4v) is 1.47. The van der Waals surface area contributed by atoms with Gasteiger partial charge in [-0.25, -0.2) is 0 Å². The highest BCUT2D eigenvalue weighted by atomic mass is 32.1. The summed E-state index contributed by atoms with van der Waals surface area (Å²) < 4.78 is 5.20. The first kappa shape index (κ1) is 11.9. The third-order valence-electron chi connectivity index (χ3n) is 2.03. The molecule has 1 aromatic carbocycles. The van der Waals surface area contributed by atoms with Crippen LogP contribution in [-0.2, 0) is 0 Å². The summed E-state index contributed by atoms with van der Waals surface area (Å²) in [5.41, 5.74) is 1.72. The molecule has 0 bridgehead atoms. The van der Waals surface area contributed by atoms with Crippen molar-refractivity contribution in [1.82, 2.24) is 15.5 Å². The van der Waals surface area contributed by atoms with E-state index in [2.05, 4.69) is 33.5 Å². The first-order valence-corrected chi connectivity index (χ1v) is 5.66. The number of nitrogens with zero attached hydrogens (tertiary/aromatic N) is 2. The third-order valence-corrected chi connectivity index (χ3v) is 2.52. The zero-order chi connectivity index (χ0) is 12.3. The second kappa shape index (κ2) is 5.15. The largest absolute Gasteiger partial charge is 0.411 e. The molecule has 7 heteroatoms. The molecule has 0 radical (unpaired) electrons. The fraction of sp³-hybridized carbons (Fsp3) is 0.100. The Labute approximate surface area is 109 Å². The highest BCUT2D eigenvalue weighted by Gasteiger charge is 2.05. The molecule has 0 fully saturated rings. The zero-order valence-corrected chi connectivity index (χ0v) is 10.7. The molecule has 2 rings (SSSR count). The summed E-state index contributed by atoms with van der Waals surface area (Å²) in [6.45, 7) is 0. The Balaban J connectivity index is 2.15. The minimum absolute atomic E-state index is 0.249. The van der Waals surface area contributed by atoms with Crippen LogP contribution in [0.1, 0.15) is 0 Å². The zero-order valence-electron chi connectivity index (χ0n) is 8.97. The summed E-state index contributed by atoms with van der Waals surface area (Å²) in [6, 6.07) is 7.48. The van der Waals surface area contributed by atoms with Crippen molar-refractivity contribution in [2.45, 2.75) is 5.22 Å². The maximum absolute atomic E-state index is 5.20. The molecule has 17 heavy (non-hydrogen) atoms. The minimum Gasteiger partial charge on any atom is -0.411 e. The third kappa shape index (κ3) is 2.95. The van der Waals surface area contributed by atoms with E-state index < -0.39 is 0 Å². The van der Waals surface area contributed by atoms with Gasteiger partial charge in [-0.2, -0.15) is 0 Å². The van der Waals surface area contributed by atoms with Gasteiger partial charge in [0.15, 0.2) is 5.11 Å². The Hall–Kier alpha value is -1.60. The van der Waals surface area contributed by atoms with Crippen molar-refractivity contribution in [3.8, 4) is 11.5 Å². The van der Waals surface area contributed by atoms with Crippen LogP contribution >= 0.6 is 24.8 Å². The topological polar surface area (TPSA) is 63.0 Å². The predicted molar refractivity (Wildman–Crippen MR) is 72.3 cm³/mol. The molecular formula is C10H10N4OS2. The fourth-order valence-electron chi connectivity index (χ4n) is 1.22. The molecule has 2 aromatic rings. The monoisotopic (exact) mass is 266 g/mol. The number of anilines is 1. The van der Waals surface area contributed by atoms with Gasteiger partial charge in [0.25, 0.3) is 5.22 Å². The van der Waals surface area contributed by atoms with Crippen LogP contribution in [0.3, 0.4) is 0 Å². The van der Waals surface area contributed by atoms with Crippen molar-refractivity contribution in [3.63, 3.8) is 0 Å². The molecule has 0 aliphatic carbocycles. The molecule has 1 heterocycles. The summed E-state index contributed by atoms with van der Waals surface area (Å²) in [4.78, 5) is 0. The van der Waals surface area contributed by atoms with Crippen molar-refractivity contribution in [2.75, 3.05) is 12.4 Å². The van der Waals surface area contributed by atoms with Gasteiger partial charge in [-0.1, -0.05) is 12.6 Å². The second-order valence-electron chi connectivity index (χ2n) is 3.17. The summed E-state index contributed by atoms with van der Waals surface area (Å²) in [7, 11) is 1.76. The number of rotatable bonds is 2. The van der Waals surface area contributed by atoms with Crippen LogP contribution in [0.25, 0.3) is 11.5 Å². The maximum atomic E-state index is 5.20. The minimum atomic E-state index is 0.249. The number of hydrogen-bond donors (Lipinski definition) is 3. The summed E-state index contributed by atoms with van der Waals surface area (Å²) >= 11 is 8.95. The lowest BCUT2D eigenvalue weighted by Crippen LogP contribution is -2.23. The normalized spacial score (nSPS) is 10.0. The predicted octanol–water partition coefficient (Wildman–Crippen LogP) is 1.94. The Morgan fingerprint density at radius 2 is 2.00 bits per heavy atom. The lowest BCUT2D eigenvalue weighted by atomic mass is 10.2. The molecule has 2 N–H and O–H groups in total. The van der Waals surface area contributed by atoms with Crippen molar-refractivity contribution >= 4 is 35.6 Å². The number of hydrogen-bond acceptors (Lipinski definition) is 5. The van der Waals surface area contributed by atoms with Gasteiger partial charge in [-0.15, -0.1) is 10.2 Å². The first-order valence-electron chi connectivity index (χ1n) is 4.80. The van der Waals surface area contributed by atoms with Crippen LogP contribution in [0.5, 0.6) is 0 Å². The van der Waals surface area contributed by atoms with Crippen molar-refractivity contribution < 1.29 is 4.42 Å². The molecule has 0 saturated heterocycles. The lowest BCUT2D eigenvalue weighted by molar-refractivity contribution is 0.468. The Kier molecular flexibility index (Phi) is 3.60. The maximum Gasteiger partial charge on any atom is 0.273 e. The number of aromatic nitrogens is 2. The second-order valence-corrected chi connectivity index (χ2v) is 3.96. The summed E-state index contributed by atoms with van der Waals surface area (Å²) in [5, 5.41) is 14.2. The molecule has 0 atom stereocenters. The quantitative estimate of drug-likeness (QED) is 0.570. The van der Waals surface area contributed by atoms with Crippen LogP contribution in [0.4, 0.5) is 5.69 Å². The van der Waals surface area contributed by atoms with Gasteiger partial charge in [-0.05, 0) is 36.5 Å².